The molecule has 0 spiro atoms. The van der Waals surface area contributed by atoms with Crippen molar-refractivity contribution < 1.29 is 22.0 Å². The normalized spacial score (nSPS) is 13.4. The van der Waals surface area contributed by atoms with Gasteiger partial charge in [0.1, 0.15) is 0 Å². The highest BCUT2D eigenvalue weighted by molar-refractivity contribution is 6.66. The highest BCUT2D eigenvalue weighted by Crippen LogP contribution is 2.29. The van der Waals surface area contributed by atoms with Crippen LogP contribution in [0.2, 0.25) is 12.6 Å². The van der Waals surface area contributed by atoms with Gasteiger partial charge in [-0.3, -0.25) is 0 Å². The molecule has 0 aromatic heterocycles. The van der Waals surface area contributed by atoms with Gasteiger partial charge in [0, 0.05) is 13.2 Å². The van der Waals surface area contributed by atoms with E-state index in [1.165, 1.54) is 6.55 Å². The van der Waals surface area contributed by atoms with E-state index in [0.29, 0.717) is 0 Å². The molecule has 2 nitrogen and oxygen atoms in total. The number of hydrogen-bond donors (Lipinski definition) is 0. The first-order chi connectivity index (χ1) is 5.83. The summed E-state index contributed by atoms with van der Waals surface area (Å²) in [7, 11) is -3.01. The molecule has 0 bridgehead atoms. The van der Waals surface area contributed by atoms with E-state index < -0.39 is 20.8 Å². The zero-order chi connectivity index (χ0) is 10.5. The molecule has 0 heterocycles. The lowest BCUT2D eigenvalue weighted by molar-refractivity contribution is -0.116. The number of alkyl halides is 3. The highest BCUT2D eigenvalue weighted by Gasteiger charge is 2.44. The molecular weight excluding hydrogens is 201 g/mol. The van der Waals surface area contributed by atoms with Gasteiger partial charge in [-0.05, 0) is 20.4 Å². The van der Waals surface area contributed by atoms with Crippen molar-refractivity contribution in [2.75, 3.05) is 13.2 Å². The molecule has 13 heavy (non-hydrogen) atoms. The maximum absolute atomic E-state index is 12.1. The monoisotopic (exact) mass is 216 g/mol. The third kappa shape index (κ3) is 6.06. The predicted octanol–water partition coefficient (Wildman–Crippen LogP) is 2.69. The second-order valence-electron chi connectivity index (χ2n) is 2.79. The summed E-state index contributed by atoms with van der Waals surface area (Å²) < 4.78 is 46.3. The topological polar surface area (TPSA) is 18.5 Å². The van der Waals surface area contributed by atoms with E-state index in [9.17, 15) is 13.2 Å². The Balaban J connectivity index is 4.22. The van der Waals surface area contributed by atoms with Gasteiger partial charge in [-0.25, -0.2) is 0 Å². The molecule has 0 unspecified atom stereocenters. The van der Waals surface area contributed by atoms with E-state index in [2.05, 4.69) is 0 Å². The van der Waals surface area contributed by atoms with E-state index >= 15 is 0 Å². The number of rotatable bonds is 5. The van der Waals surface area contributed by atoms with Crippen molar-refractivity contribution in [2.24, 2.45) is 0 Å². The quantitative estimate of drug-likeness (QED) is 0.658. The van der Waals surface area contributed by atoms with Crippen LogP contribution in [0.4, 0.5) is 13.2 Å². The van der Waals surface area contributed by atoms with Crippen LogP contribution < -0.4 is 0 Å². The van der Waals surface area contributed by atoms with Crippen LogP contribution in [0.25, 0.3) is 0 Å². The molecule has 80 valence electrons. The largest absolute Gasteiger partial charge is 0.394 e. The zero-order valence-corrected chi connectivity index (χ0v) is 9.07. The Morgan fingerprint density at radius 2 is 1.46 bits per heavy atom. The minimum Gasteiger partial charge on any atom is -0.394 e. The minimum absolute atomic E-state index is 0.263. The Hall–Kier alpha value is -0.0731. The summed E-state index contributed by atoms with van der Waals surface area (Å²) in [5.41, 5.74) is 0. The Morgan fingerprint density at radius 3 is 1.69 bits per heavy atom. The van der Waals surface area contributed by atoms with E-state index in [-0.39, 0.29) is 13.2 Å². The van der Waals surface area contributed by atoms with Crippen LogP contribution in [-0.4, -0.2) is 28.0 Å². The second-order valence-corrected chi connectivity index (χ2v) is 5.99. The van der Waals surface area contributed by atoms with Crippen molar-refractivity contribution in [1.82, 2.24) is 0 Å². The van der Waals surface area contributed by atoms with E-state index in [1.807, 2.05) is 0 Å². The number of hydrogen-bond acceptors (Lipinski definition) is 2. The molecule has 0 N–H and O–H groups in total. The van der Waals surface area contributed by atoms with Gasteiger partial charge in [-0.1, -0.05) is 0 Å². The first kappa shape index (κ1) is 12.9. The fourth-order valence-corrected chi connectivity index (χ4v) is 3.36. The van der Waals surface area contributed by atoms with Gasteiger partial charge < -0.3 is 8.85 Å². The lowest BCUT2D eigenvalue weighted by Gasteiger charge is -2.26. The zero-order valence-electron chi connectivity index (χ0n) is 8.07. The van der Waals surface area contributed by atoms with Gasteiger partial charge in [0.15, 0.2) is 0 Å². The Labute approximate surface area is 77.3 Å². The molecule has 0 aliphatic carbocycles. The minimum atomic E-state index is -4.20. The van der Waals surface area contributed by atoms with E-state index in [1.54, 1.807) is 13.8 Å². The molecule has 0 aliphatic heterocycles. The SMILES string of the molecule is CCO[Si](C)(CC(F)(F)F)OCC. The van der Waals surface area contributed by atoms with Crippen molar-refractivity contribution >= 4 is 8.56 Å². The lowest BCUT2D eigenvalue weighted by atomic mass is 10.8. The molecule has 0 saturated carbocycles. The van der Waals surface area contributed by atoms with Crippen molar-refractivity contribution in [2.45, 2.75) is 32.6 Å². The van der Waals surface area contributed by atoms with Crippen molar-refractivity contribution in [3.8, 4) is 0 Å². The van der Waals surface area contributed by atoms with Crippen LogP contribution in [0.5, 0.6) is 0 Å². The predicted molar refractivity (Wildman–Crippen MR) is 45.7 cm³/mol. The summed E-state index contributed by atoms with van der Waals surface area (Å²) in [4.78, 5) is 0. The van der Waals surface area contributed by atoms with Gasteiger partial charge >= 0.3 is 14.7 Å². The average Bonchev–Trinajstić information content (AvgIpc) is 1.82. The van der Waals surface area contributed by atoms with Gasteiger partial charge in [0.25, 0.3) is 0 Å². The Morgan fingerprint density at radius 1 is 1.08 bits per heavy atom. The van der Waals surface area contributed by atoms with Crippen molar-refractivity contribution in [3.05, 3.63) is 0 Å². The Bertz CT molecular complexity index is 143. The molecule has 0 atom stereocenters. The summed E-state index contributed by atoms with van der Waals surface area (Å²) in [5, 5.41) is 0. The first-order valence-corrected chi connectivity index (χ1v) is 6.70. The van der Waals surface area contributed by atoms with Crippen LogP contribution in [0, 0.1) is 0 Å². The molecule has 0 rings (SSSR count). The fraction of sp³-hybridized carbons (Fsp3) is 1.00. The molecule has 0 fully saturated rings. The van der Waals surface area contributed by atoms with Gasteiger partial charge in [-0.2, -0.15) is 13.2 Å². The highest BCUT2D eigenvalue weighted by atomic mass is 28.4. The maximum atomic E-state index is 12.1. The summed E-state index contributed by atoms with van der Waals surface area (Å²) in [5.74, 6) is 0. The van der Waals surface area contributed by atoms with Gasteiger partial charge in [-0.15, -0.1) is 0 Å². The van der Waals surface area contributed by atoms with Crippen molar-refractivity contribution in [1.29, 1.82) is 0 Å². The first-order valence-electron chi connectivity index (χ1n) is 4.17. The van der Waals surface area contributed by atoms with Crippen LogP contribution >= 0.6 is 0 Å². The summed E-state index contributed by atoms with van der Waals surface area (Å²) in [6, 6.07) is -0.943. The van der Waals surface area contributed by atoms with Gasteiger partial charge in [0.05, 0.1) is 6.04 Å². The van der Waals surface area contributed by atoms with E-state index in [4.69, 9.17) is 8.85 Å². The summed E-state index contributed by atoms with van der Waals surface area (Å²) in [6.07, 6.45) is -4.20. The lowest BCUT2D eigenvalue weighted by Crippen LogP contribution is -2.42. The van der Waals surface area contributed by atoms with Crippen LogP contribution in [0.15, 0.2) is 0 Å². The molecule has 0 radical (unpaired) electrons. The van der Waals surface area contributed by atoms with Gasteiger partial charge in [0.2, 0.25) is 0 Å². The van der Waals surface area contributed by atoms with Crippen LogP contribution in [-0.2, 0) is 8.85 Å². The average molecular weight is 216 g/mol. The molecule has 0 aliphatic rings. The summed E-state index contributed by atoms with van der Waals surface area (Å²) >= 11 is 0. The number of halogens is 3. The van der Waals surface area contributed by atoms with Crippen LogP contribution in [0.3, 0.4) is 0 Å². The third-order valence-electron chi connectivity index (χ3n) is 1.42. The molecule has 0 aromatic rings. The fourth-order valence-electron chi connectivity index (χ4n) is 1.12. The van der Waals surface area contributed by atoms with E-state index in [0.717, 1.165) is 0 Å². The smallest absolute Gasteiger partial charge is 0.391 e. The standard InChI is InChI=1S/C7H15F3O2Si/c1-4-11-13(3,12-5-2)6-7(8,9)10/h4-6H2,1-3H3. The molecule has 6 heteroatoms. The molecular formula is C7H15F3O2Si. The van der Waals surface area contributed by atoms with Crippen LogP contribution in [0.1, 0.15) is 13.8 Å². The maximum Gasteiger partial charge on any atom is 0.391 e. The summed E-state index contributed by atoms with van der Waals surface area (Å²) in [6.45, 7) is 5.30. The second kappa shape index (κ2) is 4.97. The van der Waals surface area contributed by atoms with Crippen molar-refractivity contribution in [3.63, 3.8) is 0 Å². The third-order valence-corrected chi connectivity index (χ3v) is 4.26. The molecule has 0 amide bonds. The molecule has 0 aromatic carbocycles. The Kier molecular flexibility index (Phi) is 4.94. The molecule has 0 saturated heterocycles.